The van der Waals surface area contributed by atoms with Gasteiger partial charge in [-0.05, 0) is 38.5 Å². The van der Waals surface area contributed by atoms with Crippen LogP contribution in [0.4, 0.5) is 4.79 Å². The summed E-state index contributed by atoms with van der Waals surface area (Å²) in [4.78, 5) is 31.2. The number of ether oxygens (including phenoxy) is 1. The number of H-pyrrole nitrogens is 1. The lowest BCUT2D eigenvalue weighted by Gasteiger charge is -2.23. The second-order valence-electron chi connectivity index (χ2n) is 7.20. The van der Waals surface area contributed by atoms with Crippen LogP contribution in [0.1, 0.15) is 44.0 Å². The third-order valence-corrected chi connectivity index (χ3v) is 3.80. The monoisotopic (exact) mass is 393 g/mol. The zero-order valence-electron chi connectivity index (χ0n) is 15.6. The minimum atomic E-state index is -0.806. The van der Waals surface area contributed by atoms with Crippen LogP contribution in [0.25, 0.3) is 0 Å². The molecule has 0 bridgehead atoms. The van der Waals surface area contributed by atoms with Crippen LogP contribution in [0.2, 0.25) is 5.02 Å². The van der Waals surface area contributed by atoms with Crippen molar-refractivity contribution < 1.29 is 14.6 Å². The molecule has 1 atom stereocenters. The molecule has 3 N–H and O–H groups in total. The number of aliphatic hydroxyl groups excluding tert-OH is 1. The quantitative estimate of drug-likeness (QED) is 0.700. The van der Waals surface area contributed by atoms with Crippen LogP contribution in [0.5, 0.6) is 0 Å². The summed E-state index contributed by atoms with van der Waals surface area (Å²) in [7, 11) is 0. The van der Waals surface area contributed by atoms with E-state index in [-0.39, 0.29) is 24.4 Å². The van der Waals surface area contributed by atoms with Gasteiger partial charge in [0, 0.05) is 36.1 Å². The van der Waals surface area contributed by atoms with Gasteiger partial charge in [0.05, 0.1) is 5.69 Å². The summed E-state index contributed by atoms with van der Waals surface area (Å²) in [5.41, 5.74) is 0.450. The summed E-state index contributed by atoms with van der Waals surface area (Å²) in [6.07, 6.45) is -0.879. The Morgan fingerprint density at radius 2 is 2.00 bits per heavy atom. The molecule has 27 heavy (non-hydrogen) atoms. The first kappa shape index (κ1) is 20.9. The highest BCUT2D eigenvalue weighted by Gasteiger charge is 2.23. The van der Waals surface area contributed by atoms with Gasteiger partial charge in [-0.15, -0.1) is 0 Å². The Hall–Kier alpha value is -2.38. The lowest BCUT2D eigenvalue weighted by molar-refractivity contribution is 0.0861. The molecule has 1 aromatic heterocycles. The molecule has 0 fully saturated rings. The lowest BCUT2D eigenvalue weighted by atomic mass is 10.1. The van der Waals surface area contributed by atoms with Crippen LogP contribution in [0, 0.1) is 0 Å². The Kier molecular flexibility index (Phi) is 6.98. The molecule has 146 valence electrons. The number of alkyl carbamates (subject to hydrolysis) is 1. The predicted octanol–water partition coefficient (Wildman–Crippen LogP) is 2.77. The molecule has 0 saturated carbocycles. The van der Waals surface area contributed by atoms with Crippen molar-refractivity contribution in [2.75, 3.05) is 6.61 Å². The molecule has 0 aliphatic heterocycles. The largest absolute Gasteiger partial charge is 0.438 e. The van der Waals surface area contributed by atoms with E-state index in [9.17, 15) is 9.59 Å². The molecule has 0 radical (unpaired) electrons. The number of hydrogen-bond donors (Lipinski definition) is 3. The first-order chi connectivity index (χ1) is 12.7. The molecule has 0 saturated heterocycles. The van der Waals surface area contributed by atoms with E-state index in [1.807, 2.05) is 32.9 Å². The van der Waals surface area contributed by atoms with E-state index in [2.05, 4.69) is 15.3 Å². The molecule has 7 nitrogen and oxygen atoms in total. The number of aliphatic hydroxyl groups is 1. The van der Waals surface area contributed by atoms with E-state index >= 15 is 0 Å². The Labute approximate surface area is 162 Å². The number of nitrogens with one attached hydrogen (secondary N) is 2. The maximum absolute atomic E-state index is 12.3. The van der Waals surface area contributed by atoms with Crippen molar-refractivity contribution in [2.24, 2.45) is 0 Å². The molecule has 1 amide bonds. The summed E-state index contributed by atoms with van der Waals surface area (Å²) < 4.78 is 5.56. The van der Waals surface area contributed by atoms with Crippen molar-refractivity contribution in [1.82, 2.24) is 15.3 Å². The standard InChI is InChI=1S/C19H24ClN3O4/c1-19(2,3)23-18(26)27-15(10-12-4-6-13(20)7-5-12)17-21-14(8-9-24)11-16(25)22-17/h4-7,11,15,24H,8-10H2,1-3H3,(H,23,26)(H,21,22,25)/t15-/m0/s1. The smallest absolute Gasteiger partial charge is 0.408 e. The fourth-order valence-electron chi connectivity index (χ4n) is 2.42. The average Bonchev–Trinajstić information content (AvgIpc) is 2.54. The van der Waals surface area contributed by atoms with Crippen LogP contribution >= 0.6 is 11.6 Å². The van der Waals surface area contributed by atoms with E-state index in [1.165, 1.54) is 6.07 Å². The number of amides is 1. The Morgan fingerprint density at radius 3 is 2.59 bits per heavy atom. The fraction of sp³-hybridized carbons (Fsp3) is 0.421. The van der Waals surface area contributed by atoms with E-state index in [4.69, 9.17) is 21.4 Å². The fourth-order valence-corrected chi connectivity index (χ4v) is 2.54. The molecule has 2 aromatic rings. The van der Waals surface area contributed by atoms with Crippen LogP contribution < -0.4 is 10.9 Å². The summed E-state index contributed by atoms with van der Waals surface area (Å²) in [5.74, 6) is 0.227. The summed E-state index contributed by atoms with van der Waals surface area (Å²) in [5, 5.41) is 12.4. The molecular formula is C19H24ClN3O4. The molecule has 1 heterocycles. The van der Waals surface area contributed by atoms with Gasteiger partial charge in [0.25, 0.3) is 5.56 Å². The van der Waals surface area contributed by atoms with Gasteiger partial charge in [-0.2, -0.15) is 0 Å². The number of carbonyl (C=O) groups excluding carboxylic acids is 1. The van der Waals surface area contributed by atoms with Crippen molar-refractivity contribution in [2.45, 2.75) is 45.3 Å². The zero-order chi connectivity index (χ0) is 20.0. The van der Waals surface area contributed by atoms with Crippen LogP contribution in [0.15, 0.2) is 35.1 Å². The Balaban J connectivity index is 2.32. The second-order valence-corrected chi connectivity index (χ2v) is 7.63. The van der Waals surface area contributed by atoms with Gasteiger partial charge in [-0.3, -0.25) is 4.79 Å². The molecule has 0 unspecified atom stereocenters. The van der Waals surface area contributed by atoms with Gasteiger partial charge >= 0.3 is 6.09 Å². The first-order valence-corrected chi connectivity index (χ1v) is 8.98. The number of hydrogen-bond acceptors (Lipinski definition) is 5. The predicted molar refractivity (Wildman–Crippen MR) is 103 cm³/mol. The zero-order valence-corrected chi connectivity index (χ0v) is 16.3. The molecular weight excluding hydrogens is 370 g/mol. The van der Waals surface area contributed by atoms with E-state index in [0.717, 1.165) is 5.56 Å². The number of nitrogens with zero attached hydrogens (tertiary/aromatic N) is 1. The molecule has 1 aromatic carbocycles. The highest BCUT2D eigenvalue weighted by molar-refractivity contribution is 6.30. The Bertz CT molecular complexity index is 828. The number of carbonyl (C=O) groups is 1. The highest BCUT2D eigenvalue weighted by atomic mass is 35.5. The minimum Gasteiger partial charge on any atom is -0.438 e. The van der Waals surface area contributed by atoms with Crippen LogP contribution in [-0.4, -0.2) is 33.3 Å². The summed E-state index contributed by atoms with van der Waals surface area (Å²) >= 11 is 5.92. The third-order valence-electron chi connectivity index (χ3n) is 3.55. The van der Waals surface area contributed by atoms with Crippen molar-refractivity contribution in [3.05, 3.63) is 62.8 Å². The molecule has 8 heteroatoms. The number of aromatic amines is 1. The van der Waals surface area contributed by atoms with Gasteiger partial charge in [-0.1, -0.05) is 23.7 Å². The van der Waals surface area contributed by atoms with Crippen molar-refractivity contribution in [3.8, 4) is 0 Å². The van der Waals surface area contributed by atoms with Gasteiger partial charge in [0.1, 0.15) is 0 Å². The molecule has 0 aliphatic rings. The maximum Gasteiger partial charge on any atom is 0.408 e. The van der Waals surface area contributed by atoms with Crippen molar-refractivity contribution >= 4 is 17.7 Å². The van der Waals surface area contributed by atoms with Gasteiger partial charge in [0.2, 0.25) is 0 Å². The molecule has 2 rings (SSSR count). The summed E-state index contributed by atoms with van der Waals surface area (Å²) in [6, 6.07) is 8.42. The van der Waals surface area contributed by atoms with Crippen molar-refractivity contribution in [3.63, 3.8) is 0 Å². The van der Waals surface area contributed by atoms with E-state index < -0.39 is 17.7 Å². The van der Waals surface area contributed by atoms with Crippen LogP contribution in [0.3, 0.4) is 0 Å². The van der Waals surface area contributed by atoms with E-state index in [1.54, 1.807) is 12.1 Å². The van der Waals surface area contributed by atoms with Gasteiger partial charge < -0.3 is 20.1 Å². The molecule has 0 spiro atoms. The normalized spacial score (nSPS) is 12.5. The molecule has 0 aliphatic carbocycles. The highest BCUT2D eigenvalue weighted by Crippen LogP contribution is 2.21. The third kappa shape index (κ3) is 7.03. The summed E-state index contributed by atoms with van der Waals surface area (Å²) in [6.45, 7) is 5.38. The lowest BCUT2D eigenvalue weighted by Crippen LogP contribution is -2.41. The second kappa shape index (κ2) is 9.01. The maximum atomic E-state index is 12.3. The van der Waals surface area contributed by atoms with Gasteiger partial charge in [0.15, 0.2) is 11.9 Å². The number of aromatic nitrogens is 2. The van der Waals surface area contributed by atoms with E-state index in [0.29, 0.717) is 17.1 Å². The number of benzene rings is 1. The number of halogens is 1. The average molecular weight is 394 g/mol. The topological polar surface area (TPSA) is 104 Å². The van der Waals surface area contributed by atoms with Gasteiger partial charge in [-0.25, -0.2) is 9.78 Å². The van der Waals surface area contributed by atoms with Crippen LogP contribution in [-0.2, 0) is 17.6 Å². The first-order valence-electron chi connectivity index (χ1n) is 8.60. The Morgan fingerprint density at radius 1 is 1.33 bits per heavy atom. The minimum absolute atomic E-state index is 0.136. The van der Waals surface area contributed by atoms with Crippen molar-refractivity contribution in [1.29, 1.82) is 0 Å². The number of rotatable bonds is 6. The SMILES string of the molecule is CC(C)(C)NC(=O)O[C@@H](Cc1ccc(Cl)cc1)c1nc(CCO)cc(=O)[nH]1.